The minimum Gasteiger partial charge on any atom is -0.481 e. The number of likely N-dealkylation sites (N-methyl/N-ethyl adjacent to an activating group) is 1. The molecule has 0 aliphatic carbocycles. The SMILES string of the molecule is Cc1c(-c2ccccc2)c(N2CC[C@H](N(C)C)C2)c2oc(N3CCC(C(=O)O)CC3)nc2c1C#N. The highest BCUT2D eigenvalue weighted by Crippen LogP contribution is 2.45. The van der Waals surface area contributed by atoms with Gasteiger partial charge < -0.3 is 24.2 Å². The second-order valence-electron chi connectivity index (χ2n) is 9.83. The van der Waals surface area contributed by atoms with E-state index in [9.17, 15) is 15.2 Å². The number of piperidine rings is 1. The van der Waals surface area contributed by atoms with Crippen LogP contribution in [0.5, 0.6) is 0 Å². The van der Waals surface area contributed by atoms with Crippen LogP contribution in [0.2, 0.25) is 0 Å². The molecular formula is C27H31N5O3. The number of hydrogen-bond acceptors (Lipinski definition) is 7. The molecule has 0 saturated carbocycles. The predicted octanol–water partition coefficient (Wildman–Crippen LogP) is 4.12. The van der Waals surface area contributed by atoms with Gasteiger partial charge in [-0.1, -0.05) is 30.3 Å². The summed E-state index contributed by atoms with van der Waals surface area (Å²) in [4.78, 5) is 22.8. The van der Waals surface area contributed by atoms with Crippen LogP contribution in [0.15, 0.2) is 34.7 Å². The van der Waals surface area contributed by atoms with Crippen LogP contribution in [0.1, 0.15) is 30.4 Å². The summed E-state index contributed by atoms with van der Waals surface area (Å²) in [5, 5.41) is 19.5. The molecule has 0 unspecified atom stereocenters. The molecule has 0 radical (unpaired) electrons. The quantitative estimate of drug-likeness (QED) is 0.591. The Bertz CT molecular complexity index is 1290. The van der Waals surface area contributed by atoms with Gasteiger partial charge in [-0.3, -0.25) is 4.79 Å². The van der Waals surface area contributed by atoms with E-state index in [1.165, 1.54) is 0 Å². The first-order valence-corrected chi connectivity index (χ1v) is 12.2. The zero-order valence-electron chi connectivity index (χ0n) is 20.5. The van der Waals surface area contributed by atoms with E-state index in [1.54, 1.807) is 0 Å². The number of aromatic nitrogens is 1. The van der Waals surface area contributed by atoms with Crippen molar-refractivity contribution >= 4 is 28.8 Å². The molecule has 2 fully saturated rings. The summed E-state index contributed by atoms with van der Waals surface area (Å²) >= 11 is 0. The van der Waals surface area contributed by atoms with Gasteiger partial charge in [0.1, 0.15) is 11.6 Å². The minimum atomic E-state index is -0.746. The first-order chi connectivity index (χ1) is 16.9. The highest BCUT2D eigenvalue weighted by Gasteiger charge is 2.33. The van der Waals surface area contributed by atoms with E-state index in [0.29, 0.717) is 54.7 Å². The third-order valence-corrected chi connectivity index (χ3v) is 7.55. The molecule has 0 bridgehead atoms. The fraction of sp³-hybridized carbons (Fsp3) is 0.444. The summed E-state index contributed by atoms with van der Waals surface area (Å²) in [6.07, 6.45) is 2.15. The smallest absolute Gasteiger partial charge is 0.306 e. The van der Waals surface area contributed by atoms with E-state index in [4.69, 9.17) is 9.40 Å². The monoisotopic (exact) mass is 473 g/mol. The van der Waals surface area contributed by atoms with Crippen LogP contribution in [0.4, 0.5) is 11.7 Å². The number of anilines is 2. The van der Waals surface area contributed by atoms with Gasteiger partial charge >= 0.3 is 5.97 Å². The standard InChI is InChI=1S/C27H31N5O3/c1-17-21(15-28)23-25(35-27(29-23)31-12-9-19(10-13-31)26(33)34)24(22(17)18-7-5-4-6-8-18)32-14-11-20(16-32)30(2)3/h4-8,19-20H,9-14,16H2,1-3H3,(H,33,34)/t20-/m0/s1. The number of carboxylic acids is 1. The van der Waals surface area contributed by atoms with Crippen molar-refractivity contribution in [3.05, 3.63) is 41.5 Å². The topological polar surface area (TPSA) is 96.8 Å². The number of fused-ring (bicyclic) bond motifs is 1. The molecule has 1 aromatic heterocycles. The summed E-state index contributed by atoms with van der Waals surface area (Å²) in [7, 11) is 4.22. The zero-order valence-corrected chi connectivity index (χ0v) is 20.5. The third kappa shape index (κ3) is 4.10. The first-order valence-electron chi connectivity index (χ1n) is 12.2. The lowest BCUT2D eigenvalue weighted by Gasteiger charge is -2.28. The summed E-state index contributed by atoms with van der Waals surface area (Å²) in [6, 6.07) is 13.5. The van der Waals surface area contributed by atoms with Crippen LogP contribution in [0, 0.1) is 24.2 Å². The predicted molar refractivity (Wildman–Crippen MR) is 136 cm³/mol. The molecule has 0 amide bonds. The molecule has 2 saturated heterocycles. The molecule has 1 atom stereocenters. The molecule has 1 N–H and O–H groups in total. The van der Waals surface area contributed by atoms with Gasteiger partial charge in [0.15, 0.2) is 5.58 Å². The Morgan fingerprint density at radius 1 is 1.14 bits per heavy atom. The molecule has 3 heterocycles. The maximum atomic E-state index is 11.4. The van der Waals surface area contributed by atoms with Crippen molar-refractivity contribution in [1.29, 1.82) is 5.26 Å². The van der Waals surface area contributed by atoms with Crippen LogP contribution in [0.25, 0.3) is 22.2 Å². The highest BCUT2D eigenvalue weighted by atomic mass is 16.4. The summed E-state index contributed by atoms with van der Waals surface area (Å²) in [5.74, 6) is -1.08. The van der Waals surface area contributed by atoms with Gasteiger partial charge in [-0.25, -0.2) is 0 Å². The van der Waals surface area contributed by atoms with Crippen molar-refractivity contribution in [3.8, 4) is 17.2 Å². The van der Waals surface area contributed by atoms with Crippen LogP contribution < -0.4 is 9.80 Å². The van der Waals surface area contributed by atoms with Gasteiger partial charge in [-0.15, -0.1) is 0 Å². The average Bonchev–Trinajstić information content (AvgIpc) is 3.52. The number of carboxylic acid groups (broad SMARTS) is 1. The normalized spacial score (nSPS) is 19.0. The molecule has 8 heteroatoms. The second kappa shape index (κ2) is 9.23. The number of nitrogens with zero attached hydrogens (tertiary/aromatic N) is 5. The maximum absolute atomic E-state index is 11.4. The first kappa shape index (κ1) is 23.2. The van der Waals surface area contributed by atoms with E-state index in [2.05, 4.69) is 42.1 Å². The fourth-order valence-corrected chi connectivity index (χ4v) is 5.45. The molecule has 8 nitrogen and oxygen atoms in total. The number of hydrogen-bond donors (Lipinski definition) is 1. The van der Waals surface area contributed by atoms with E-state index >= 15 is 0 Å². The molecule has 2 aliphatic rings. The maximum Gasteiger partial charge on any atom is 0.306 e. The van der Waals surface area contributed by atoms with Crippen LogP contribution >= 0.6 is 0 Å². The van der Waals surface area contributed by atoms with E-state index in [0.717, 1.165) is 41.9 Å². The third-order valence-electron chi connectivity index (χ3n) is 7.55. The molecule has 0 spiro atoms. The Labute approximate surface area is 205 Å². The number of rotatable bonds is 5. The van der Waals surface area contributed by atoms with Crippen molar-refractivity contribution in [2.24, 2.45) is 5.92 Å². The molecule has 3 aromatic rings. The summed E-state index contributed by atoms with van der Waals surface area (Å²) in [6.45, 7) is 4.89. The zero-order chi connectivity index (χ0) is 24.7. The molecule has 5 rings (SSSR count). The number of oxazole rings is 1. The molecule has 2 aromatic carbocycles. The summed E-state index contributed by atoms with van der Waals surface area (Å²) in [5.41, 5.74) is 5.71. The number of nitriles is 1. The molecule has 182 valence electrons. The van der Waals surface area contributed by atoms with Gasteiger partial charge in [0, 0.05) is 37.8 Å². The van der Waals surface area contributed by atoms with Gasteiger partial charge in [-0.2, -0.15) is 10.2 Å². The Morgan fingerprint density at radius 2 is 1.83 bits per heavy atom. The highest BCUT2D eigenvalue weighted by molar-refractivity contribution is 6.03. The second-order valence-corrected chi connectivity index (χ2v) is 9.83. The largest absolute Gasteiger partial charge is 0.481 e. The van der Waals surface area contributed by atoms with E-state index < -0.39 is 5.97 Å². The molecule has 2 aliphatic heterocycles. The van der Waals surface area contributed by atoms with Gasteiger partial charge in [0.05, 0.1) is 17.2 Å². The minimum absolute atomic E-state index is 0.333. The van der Waals surface area contributed by atoms with Crippen LogP contribution in [0.3, 0.4) is 0 Å². The van der Waals surface area contributed by atoms with Crippen LogP contribution in [-0.4, -0.2) is 67.3 Å². The van der Waals surface area contributed by atoms with Crippen molar-refractivity contribution in [3.63, 3.8) is 0 Å². The van der Waals surface area contributed by atoms with Crippen molar-refractivity contribution < 1.29 is 14.3 Å². The Morgan fingerprint density at radius 3 is 2.43 bits per heavy atom. The Balaban J connectivity index is 1.67. The lowest BCUT2D eigenvalue weighted by Crippen LogP contribution is -2.36. The van der Waals surface area contributed by atoms with Gasteiger partial charge in [0.2, 0.25) is 0 Å². The molecule has 35 heavy (non-hydrogen) atoms. The number of carbonyl (C=O) groups is 1. The van der Waals surface area contributed by atoms with E-state index in [-0.39, 0.29) is 5.92 Å². The lowest BCUT2D eigenvalue weighted by molar-refractivity contribution is -0.142. The van der Waals surface area contributed by atoms with E-state index in [1.807, 2.05) is 30.0 Å². The number of aliphatic carboxylic acids is 1. The fourth-order valence-electron chi connectivity index (χ4n) is 5.45. The van der Waals surface area contributed by atoms with Crippen molar-refractivity contribution in [2.45, 2.75) is 32.2 Å². The van der Waals surface area contributed by atoms with Gasteiger partial charge in [-0.05, 0) is 51.4 Å². The Hall–Kier alpha value is -3.57. The average molecular weight is 474 g/mol. The lowest BCUT2D eigenvalue weighted by atomic mass is 9.93. The van der Waals surface area contributed by atoms with Crippen molar-refractivity contribution in [1.82, 2.24) is 9.88 Å². The van der Waals surface area contributed by atoms with Gasteiger partial charge in [0.25, 0.3) is 6.01 Å². The van der Waals surface area contributed by atoms with Crippen molar-refractivity contribution in [2.75, 3.05) is 50.1 Å². The molecular weight excluding hydrogens is 442 g/mol. The number of benzene rings is 2. The summed E-state index contributed by atoms with van der Waals surface area (Å²) < 4.78 is 6.46. The Kier molecular flexibility index (Phi) is 6.12. The van der Waals surface area contributed by atoms with Crippen LogP contribution in [-0.2, 0) is 4.79 Å².